The molecule has 1 aliphatic carbocycles. The smallest absolute Gasteiger partial charge is 0.335 e. The number of hydrogen-bond acceptors (Lipinski definition) is 5. The van der Waals surface area contributed by atoms with E-state index >= 15 is 0 Å². The number of aryl methyl sites for hydroxylation is 1. The molecule has 1 saturated carbocycles. The third-order valence-corrected chi connectivity index (χ3v) is 7.56. The van der Waals surface area contributed by atoms with Crippen molar-refractivity contribution in [3.05, 3.63) is 92.9 Å². The van der Waals surface area contributed by atoms with Crippen LogP contribution in [-0.4, -0.2) is 22.1 Å². The topological polar surface area (TPSA) is 92.9 Å². The lowest BCUT2D eigenvalue weighted by molar-refractivity contribution is -0.118. The second-order valence-corrected chi connectivity index (χ2v) is 10.3. The zero-order chi connectivity index (χ0) is 27.3. The summed E-state index contributed by atoms with van der Waals surface area (Å²) in [5.41, 5.74) is 3.04. The molecule has 0 unspecified atom stereocenters. The van der Waals surface area contributed by atoms with Gasteiger partial charge in [-0.2, -0.15) is 0 Å². The fraction of sp³-hybridized carbons (Fsp3) is 0.207. The molecule has 1 aliphatic heterocycles. The van der Waals surface area contributed by atoms with E-state index in [-0.39, 0.29) is 36.1 Å². The molecule has 6 rings (SSSR count). The number of rotatable bonds is 7. The van der Waals surface area contributed by atoms with Gasteiger partial charge in [0.1, 0.15) is 29.6 Å². The van der Waals surface area contributed by atoms with Crippen molar-refractivity contribution in [3.63, 3.8) is 0 Å². The van der Waals surface area contributed by atoms with Crippen LogP contribution in [0.5, 0.6) is 5.75 Å². The fourth-order valence-corrected chi connectivity index (χ4v) is 5.42. The summed E-state index contributed by atoms with van der Waals surface area (Å²) in [5, 5.41) is 14.4. The minimum Gasteiger partial charge on any atom is -0.489 e. The molecule has 10 heteroatoms. The summed E-state index contributed by atoms with van der Waals surface area (Å²) >= 11 is 12.9. The molecule has 1 amide bonds. The summed E-state index contributed by atoms with van der Waals surface area (Å²) in [6.07, 6.45) is 2.64. The van der Waals surface area contributed by atoms with Gasteiger partial charge in [0.15, 0.2) is 0 Å². The Kier molecular flexibility index (Phi) is 6.53. The largest absolute Gasteiger partial charge is 0.489 e. The Bertz CT molecular complexity index is 1610. The number of amides is 1. The van der Waals surface area contributed by atoms with Crippen LogP contribution in [0.25, 0.3) is 11.3 Å². The molecule has 4 aromatic rings. The predicted molar refractivity (Wildman–Crippen MR) is 144 cm³/mol. The van der Waals surface area contributed by atoms with Crippen molar-refractivity contribution in [2.75, 3.05) is 4.90 Å². The van der Waals surface area contributed by atoms with Crippen LogP contribution in [0.2, 0.25) is 10.0 Å². The van der Waals surface area contributed by atoms with E-state index in [1.54, 1.807) is 30.3 Å². The second-order valence-electron chi connectivity index (χ2n) is 9.52. The Balaban J connectivity index is 1.30. The molecule has 2 heterocycles. The minimum atomic E-state index is -1.25. The zero-order valence-corrected chi connectivity index (χ0v) is 21.9. The number of carboxylic acid groups (broad SMARTS) is 1. The molecule has 198 valence electrons. The van der Waals surface area contributed by atoms with E-state index < -0.39 is 11.8 Å². The highest BCUT2D eigenvalue weighted by molar-refractivity contribution is 6.39. The summed E-state index contributed by atoms with van der Waals surface area (Å²) in [6.45, 7) is 0.166. The highest BCUT2D eigenvalue weighted by Crippen LogP contribution is 2.46. The van der Waals surface area contributed by atoms with Gasteiger partial charge in [-0.25, -0.2) is 9.18 Å². The molecule has 0 bridgehead atoms. The second kappa shape index (κ2) is 10.0. The summed E-state index contributed by atoms with van der Waals surface area (Å²) in [6, 6.07) is 14.0. The number of aromatic carboxylic acids is 1. The standard InChI is InChI=1S/C29H21Cl2FN2O5/c30-20-2-1-3-21(31)26(20)27-19(28(39-33-27)15-4-5-15)14-38-18-8-10-23-16(12-18)7-11-25(35)34(23)24-9-6-17(29(36)37)13-22(24)32/h1-3,6,8-10,12-13,15H,4-5,7,11,14H2,(H,36,37). The maximum Gasteiger partial charge on any atom is 0.335 e. The van der Waals surface area contributed by atoms with Crippen molar-refractivity contribution in [2.24, 2.45) is 0 Å². The van der Waals surface area contributed by atoms with Crippen molar-refractivity contribution >= 4 is 46.5 Å². The van der Waals surface area contributed by atoms with E-state index in [0.29, 0.717) is 39.2 Å². The molecule has 0 radical (unpaired) electrons. The van der Waals surface area contributed by atoms with E-state index in [1.807, 2.05) is 6.07 Å². The lowest BCUT2D eigenvalue weighted by Crippen LogP contribution is -2.31. The van der Waals surface area contributed by atoms with Crippen LogP contribution in [0.4, 0.5) is 15.8 Å². The molecule has 39 heavy (non-hydrogen) atoms. The van der Waals surface area contributed by atoms with Crippen molar-refractivity contribution in [1.29, 1.82) is 0 Å². The van der Waals surface area contributed by atoms with Crippen LogP contribution in [0.3, 0.4) is 0 Å². The average molecular weight is 567 g/mol. The predicted octanol–water partition coefficient (Wildman–Crippen LogP) is 7.55. The Morgan fingerprint density at radius 2 is 1.82 bits per heavy atom. The third kappa shape index (κ3) is 4.75. The first kappa shape index (κ1) is 25.4. The van der Waals surface area contributed by atoms with Gasteiger partial charge in [-0.3, -0.25) is 9.69 Å². The van der Waals surface area contributed by atoms with Gasteiger partial charge >= 0.3 is 5.97 Å². The zero-order valence-electron chi connectivity index (χ0n) is 20.4. The molecule has 0 spiro atoms. The average Bonchev–Trinajstić information content (AvgIpc) is 3.67. The number of ether oxygens (including phenoxy) is 1. The molecule has 1 aromatic heterocycles. The Morgan fingerprint density at radius 3 is 2.51 bits per heavy atom. The van der Waals surface area contributed by atoms with Crippen LogP contribution in [0.15, 0.2) is 59.1 Å². The molecule has 1 N–H and O–H groups in total. The first-order chi connectivity index (χ1) is 18.8. The SMILES string of the molecule is O=C(O)c1ccc(N2C(=O)CCc3cc(OCc4c(-c5c(Cl)cccc5Cl)noc4C4CC4)ccc32)c(F)c1. The van der Waals surface area contributed by atoms with E-state index in [9.17, 15) is 14.0 Å². The number of halogens is 3. The summed E-state index contributed by atoms with van der Waals surface area (Å²) in [4.78, 5) is 25.3. The van der Waals surface area contributed by atoms with E-state index in [2.05, 4.69) is 5.16 Å². The quantitative estimate of drug-likeness (QED) is 0.248. The van der Waals surface area contributed by atoms with Gasteiger partial charge < -0.3 is 14.4 Å². The lowest BCUT2D eigenvalue weighted by Gasteiger charge is -2.30. The van der Waals surface area contributed by atoms with E-state index in [4.69, 9.17) is 37.6 Å². The normalized spacial score (nSPS) is 14.8. The molecule has 3 aromatic carbocycles. The van der Waals surface area contributed by atoms with Crippen molar-refractivity contribution < 1.29 is 28.3 Å². The molecule has 7 nitrogen and oxygen atoms in total. The summed E-state index contributed by atoms with van der Waals surface area (Å²) in [5.74, 6) is -0.720. The maximum absolute atomic E-state index is 14.8. The number of carbonyl (C=O) groups excluding carboxylic acids is 1. The first-order valence-corrected chi connectivity index (χ1v) is 13.1. The van der Waals surface area contributed by atoms with Gasteiger partial charge in [0.2, 0.25) is 5.91 Å². The van der Waals surface area contributed by atoms with Crippen molar-refractivity contribution in [2.45, 2.75) is 38.2 Å². The van der Waals surface area contributed by atoms with Gasteiger partial charge in [-0.05, 0) is 73.4 Å². The molecular weight excluding hydrogens is 546 g/mol. The number of benzene rings is 3. The van der Waals surface area contributed by atoms with E-state index in [1.165, 1.54) is 17.0 Å². The number of fused-ring (bicyclic) bond motifs is 1. The van der Waals surface area contributed by atoms with Crippen LogP contribution < -0.4 is 9.64 Å². The third-order valence-electron chi connectivity index (χ3n) is 6.93. The first-order valence-electron chi connectivity index (χ1n) is 12.4. The number of carboxylic acids is 1. The fourth-order valence-electron chi connectivity index (χ4n) is 4.85. The van der Waals surface area contributed by atoms with Gasteiger partial charge in [0.25, 0.3) is 0 Å². The van der Waals surface area contributed by atoms with E-state index in [0.717, 1.165) is 35.8 Å². The van der Waals surface area contributed by atoms with Gasteiger partial charge in [0, 0.05) is 17.9 Å². The van der Waals surface area contributed by atoms with Gasteiger partial charge in [-0.1, -0.05) is 34.4 Å². The summed E-state index contributed by atoms with van der Waals surface area (Å²) in [7, 11) is 0. The number of hydrogen-bond donors (Lipinski definition) is 1. The minimum absolute atomic E-state index is 0.000532. The number of carbonyl (C=O) groups is 2. The van der Waals surface area contributed by atoms with Gasteiger partial charge in [0.05, 0.1) is 32.5 Å². The van der Waals surface area contributed by atoms with Crippen molar-refractivity contribution in [3.8, 4) is 17.0 Å². The van der Waals surface area contributed by atoms with Crippen LogP contribution in [-0.2, 0) is 17.8 Å². The molecular formula is C29H21Cl2FN2O5. The van der Waals surface area contributed by atoms with Gasteiger partial charge in [-0.15, -0.1) is 0 Å². The molecule has 0 saturated heterocycles. The molecule has 0 atom stereocenters. The highest BCUT2D eigenvalue weighted by Gasteiger charge is 2.34. The molecule has 2 aliphatic rings. The molecule has 1 fully saturated rings. The van der Waals surface area contributed by atoms with Crippen molar-refractivity contribution in [1.82, 2.24) is 5.16 Å². The summed E-state index contributed by atoms with van der Waals surface area (Å²) < 4.78 is 26.7. The monoisotopic (exact) mass is 566 g/mol. The maximum atomic E-state index is 14.8. The van der Waals surface area contributed by atoms with Crippen LogP contribution in [0.1, 0.15) is 52.4 Å². The Morgan fingerprint density at radius 1 is 1.08 bits per heavy atom. The Hall–Kier alpha value is -3.88. The lowest BCUT2D eigenvalue weighted by atomic mass is 9.99. The Labute approximate surface area is 232 Å². The number of aromatic nitrogens is 1. The van der Waals surface area contributed by atoms with Crippen LogP contribution >= 0.6 is 23.2 Å². The van der Waals surface area contributed by atoms with Crippen LogP contribution in [0, 0.1) is 5.82 Å². The number of anilines is 2. The number of nitrogens with zero attached hydrogens (tertiary/aromatic N) is 2. The highest BCUT2D eigenvalue weighted by atomic mass is 35.5.